The Balaban J connectivity index is 1.58. The van der Waals surface area contributed by atoms with E-state index in [-0.39, 0.29) is 31.8 Å². The lowest BCUT2D eigenvalue weighted by atomic mass is 9.95. The number of carbonyl (C=O) groups is 2. The van der Waals surface area contributed by atoms with E-state index in [0.29, 0.717) is 5.69 Å². The third kappa shape index (κ3) is 3.37. The molecular weight excluding hydrogens is 323 g/mol. The normalized spacial score (nSPS) is 16.4. The van der Waals surface area contributed by atoms with E-state index < -0.39 is 18.0 Å². The number of amides is 2. The molecule has 0 spiro atoms. The summed E-state index contributed by atoms with van der Waals surface area (Å²) in [5.41, 5.74) is 1.59. The molecule has 8 heteroatoms. The summed E-state index contributed by atoms with van der Waals surface area (Å²) in [6.45, 7) is -0.124. The lowest BCUT2D eigenvalue weighted by molar-refractivity contribution is -0.186. The van der Waals surface area contributed by atoms with Crippen LogP contribution in [-0.2, 0) is 9.59 Å². The number of aromatic nitrogens is 1. The van der Waals surface area contributed by atoms with E-state index in [2.05, 4.69) is 10.3 Å². The molecular formula is C16H16F3N3O2. The highest BCUT2D eigenvalue weighted by atomic mass is 19.4. The van der Waals surface area contributed by atoms with Crippen molar-refractivity contribution in [3.63, 3.8) is 0 Å². The summed E-state index contributed by atoms with van der Waals surface area (Å²) in [6, 6.07) is 7.31. The monoisotopic (exact) mass is 339 g/mol. The van der Waals surface area contributed by atoms with Gasteiger partial charge in [-0.2, -0.15) is 13.2 Å². The number of nitrogens with one attached hydrogen (secondary N) is 2. The first-order valence-electron chi connectivity index (χ1n) is 7.59. The molecule has 1 aromatic carbocycles. The second kappa shape index (κ2) is 6.18. The van der Waals surface area contributed by atoms with Crippen molar-refractivity contribution in [3.05, 3.63) is 30.5 Å². The Morgan fingerprint density at radius 1 is 1.17 bits per heavy atom. The standard InChI is InChI=1S/C16H16F3N3O2/c17-16(18,19)15(24)22-7-4-10(5-8-22)14(23)21-12-1-2-13-11(9-12)3-6-20-13/h1-3,6,9-10,20H,4-5,7-8H2,(H,21,23). The van der Waals surface area contributed by atoms with Gasteiger partial charge in [0.05, 0.1) is 0 Å². The largest absolute Gasteiger partial charge is 0.471 e. The zero-order valence-electron chi connectivity index (χ0n) is 12.7. The first-order chi connectivity index (χ1) is 11.3. The summed E-state index contributed by atoms with van der Waals surface area (Å²) >= 11 is 0. The van der Waals surface area contributed by atoms with Crippen LogP contribution in [0.2, 0.25) is 0 Å². The smallest absolute Gasteiger partial charge is 0.361 e. The van der Waals surface area contributed by atoms with Crippen LogP contribution in [0, 0.1) is 5.92 Å². The second-order valence-corrected chi connectivity index (χ2v) is 5.83. The van der Waals surface area contributed by atoms with Crippen LogP contribution in [0.1, 0.15) is 12.8 Å². The van der Waals surface area contributed by atoms with Crippen molar-refractivity contribution in [2.75, 3.05) is 18.4 Å². The summed E-state index contributed by atoms with van der Waals surface area (Å²) in [4.78, 5) is 27.3. The Bertz CT molecular complexity index is 761. The van der Waals surface area contributed by atoms with Crippen LogP contribution in [-0.4, -0.2) is 41.0 Å². The maximum atomic E-state index is 12.4. The number of H-pyrrole nitrogens is 1. The molecule has 0 saturated carbocycles. The second-order valence-electron chi connectivity index (χ2n) is 5.83. The van der Waals surface area contributed by atoms with Crippen molar-refractivity contribution in [1.82, 2.24) is 9.88 Å². The van der Waals surface area contributed by atoms with Gasteiger partial charge in [-0.05, 0) is 37.1 Å². The van der Waals surface area contributed by atoms with E-state index in [1.54, 1.807) is 12.3 Å². The zero-order valence-corrected chi connectivity index (χ0v) is 12.7. The maximum absolute atomic E-state index is 12.4. The molecule has 2 heterocycles. The average Bonchev–Trinajstić information content (AvgIpc) is 3.01. The molecule has 3 rings (SSSR count). The van der Waals surface area contributed by atoms with Gasteiger partial charge in [0.1, 0.15) is 0 Å². The van der Waals surface area contributed by atoms with Crippen LogP contribution in [0.25, 0.3) is 10.9 Å². The van der Waals surface area contributed by atoms with Gasteiger partial charge in [-0.25, -0.2) is 0 Å². The fourth-order valence-electron chi connectivity index (χ4n) is 2.90. The molecule has 1 aliphatic heterocycles. The quantitative estimate of drug-likeness (QED) is 0.884. The fourth-order valence-corrected chi connectivity index (χ4v) is 2.90. The van der Waals surface area contributed by atoms with Gasteiger partial charge < -0.3 is 15.2 Å². The van der Waals surface area contributed by atoms with Crippen LogP contribution in [0.3, 0.4) is 0 Å². The highest BCUT2D eigenvalue weighted by molar-refractivity contribution is 5.95. The molecule has 5 nitrogen and oxygen atoms in total. The summed E-state index contributed by atoms with van der Waals surface area (Å²) in [6.07, 6.45) is -2.62. The maximum Gasteiger partial charge on any atom is 0.471 e. The summed E-state index contributed by atoms with van der Waals surface area (Å²) in [5.74, 6) is -2.47. The Labute approximate surface area is 135 Å². The first-order valence-corrected chi connectivity index (χ1v) is 7.59. The number of alkyl halides is 3. The highest BCUT2D eigenvalue weighted by Crippen LogP contribution is 2.25. The minimum Gasteiger partial charge on any atom is -0.361 e. The topological polar surface area (TPSA) is 65.2 Å². The zero-order chi connectivity index (χ0) is 17.3. The highest BCUT2D eigenvalue weighted by Gasteiger charge is 2.43. The van der Waals surface area contributed by atoms with Gasteiger partial charge in [0.15, 0.2) is 0 Å². The Morgan fingerprint density at radius 2 is 1.88 bits per heavy atom. The molecule has 0 aliphatic carbocycles. The van der Waals surface area contributed by atoms with Gasteiger partial charge in [0.2, 0.25) is 5.91 Å². The number of hydrogen-bond acceptors (Lipinski definition) is 2. The number of benzene rings is 1. The van der Waals surface area contributed by atoms with Gasteiger partial charge in [-0.1, -0.05) is 0 Å². The average molecular weight is 339 g/mol. The first kappa shape index (κ1) is 16.4. The number of hydrogen-bond donors (Lipinski definition) is 2. The number of fused-ring (bicyclic) bond motifs is 1. The minimum absolute atomic E-state index is 0.0622. The Hall–Kier alpha value is -2.51. The van der Waals surface area contributed by atoms with Crippen LogP contribution in [0.5, 0.6) is 0 Å². The van der Waals surface area contributed by atoms with Crippen molar-refractivity contribution in [2.24, 2.45) is 5.92 Å². The van der Waals surface area contributed by atoms with Crippen molar-refractivity contribution >= 4 is 28.4 Å². The summed E-state index contributed by atoms with van der Waals surface area (Å²) in [5, 5.41) is 3.75. The van der Waals surface area contributed by atoms with Gasteiger partial charge >= 0.3 is 12.1 Å². The predicted octanol–water partition coefficient (Wildman–Crippen LogP) is 2.91. The lowest BCUT2D eigenvalue weighted by Gasteiger charge is -2.31. The number of rotatable bonds is 2. The van der Waals surface area contributed by atoms with Crippen molar-refractivity contribution < 1.29 is 22.8 Å². The van der Waals surface area contributed by atoms with E-state index in [1.807, 2.05) is 18.2 Å². The summed E-state index contributed by atoms with van der Waals surface area (Å²) < 4.78 is 37.2. The molecule has 1 fully saturated rings. The van der Waals surface area contributed by atoms with Gasteiger partial charge in [0.25, 0.3) is 0 Å². The Morgan fingerprint density at radius 3 is 2.54 bits per heavy atom. The van der Waals surface area contributed by atoms with E-state index in [1.165, 1.54) is 0 Å². The summed E-state index contributed by atoms with van der Waals surface area (Å²) in [7, 11) is 0. The Kier molecular flexibility index (Phi) is 4.21. The van der Waals surface area contributed by atoms with Crippen molar-refractivity contribution in [3.8, 4) is 0 Å². The van der Waals surface area contributed by atoms with Crippen LogP contribution >= 0.6 is 0 Å². The number of aromatic amines is 1. The molecule has 2 amide bonds. The molecule has 0 unspecified atom stereocenters. The molecule has 1 saturated heterocycles. The molecule has 1 aliphatic rings. The van der Waals surface area contributed by atoms with E-state index in [4.69, 9.17) is 0 Å². The van der Waals surface area contributed by atoms with Crippen LogP contribution in [0.15, 0.2) is 30.5 Å². The van der Waals surface area contributed by atoms with Crippen LogP contribution < -0.4 is 5.32 Å². The molecule has 2 N–H and O–H groups in total. The van der Waals surface area contributed by atoms with Gasteiger partial charge in [0, 0.05) is 41.8 Å². The molecule has 0 bridgehead atoms. The number of nitrogens with zero attached hydrogens (tertiary/aromatic N) is 1. The number of piperidine rings is 1. The number of carbonyl (C=O) groups excluding carboxylic acids is 2. The molecule has 128 valence electrons. The molecule has 2 aromatic rings. The van der Waals surface area contributed by atoms with Crippen molar-refractivity contribution in [1.29, 1.82) is 0 Å². The SMILES string of the molecule is O=C(Nc1ccc2[nH]ccc2c1)C1CCN(C(=O)C(F)(F)F)CC1. The van der Waals surface area contributed by atoms with Gasteiger partial charge in [-0.15, -0.1) is 0 Å². The third-order valence-electron chi connectivity index (χ3n) is 4.22. The van der Waals surface area contributed by atoms with E-state index in [0.717, 1.165) is 15.8 Å². The molecule has 0 atom stereocenters. The van der Waals surface area contributed by atoms with Gasteiger partial charge in [-0.3, -0.25) is 9.59 Å². The molecule has 1 aromatic heterocycles. The molecule has 24 heavy (non-hydrogen) atoms. The minimum atomic E-state index is -4.86. The van der Waals surface area contributed by atoms with E-state index >= 15 is 0 Å². The third-order valence-corrected chi connectivity index (χ3v) is 4.22. The number of anilines is 1. The van der Waals surface area contributed by atoms with Crippen LogP contribution in [0.4, 0.5) is 18.9 Å². The number of halogens is 3. The number of likely N-dealkylation sites (tertiary alicyclic amines) is 1. The predicted molar refractivity (Wildman–Crippen MR) is 82.3 cm³/mol. The van der Waals surface area contributed by atoms with E-state index in [9.17, 15) is 22.8 Å². The molecule has 0 radical (unpaired) electrons. The lowest BCUT2D eigenvalue weighted by Crippen LogP contribution is -2.46. The fraction of sp³-hybridized carbons (Fsp3) is 0.375. The van der Waals surface area contributed by atoms with Crippen molar-refractivity contribution in [2.45, 2.75) is 19.0 Å².